The minimum Gasteiger partial charge on any atom is -0.381 e. The fraction of sp³-hybridized carbons (Fsp3) is 0.471. The predicted octanol–water partition coefficient (Wildman–Crippen LogP) is 4.47. The summed E-state index contributed by atoms with van der Waals surface area (Å²) in [5.41, 5.74) is -0.258. The van der Waals surface area contributed by atoms with Crippen LogP contribution < -0.4 is 4.57 Å². The van der Waals surface area contributed by atoms with Crippen LogP contribution in [0.5, 0.6) is 0 Å². The van der Waals surface area contributed by atoms with Crippen LogP contribution in [0.2, 0.25) is 10.0 Å². The van der Waals surface area contributed by atoms with E-state index in [-0.39, 0.29) is 0 Å². The molecule has 2 rings (SSSR count). The number of rotatable bonds is 8. The maximum Gasteiger partial charge on any atom is 0.241 e. The van der Waals surface area contributed by atoms with E-state index >= 15 is 0 Å². The van der Waals surface area contributed by atoms with Gasteiger partial charge in [-0.25, -0.2) is 4.57 Å². The van der Waals surface area contributed by atoms with Crippen LogP contribution in [-0.2, 0) is 12.1 Å². The molecule has 0 fully saturated rings. The molecule has 1 atom stereocenters. The van der Waals surface area contributed by atoms with Gasteiger partial charge in [0.25, 0.3) is 0 Å². The van der Waals surface area contributed by atoms with Crippen LogP contribution in [0, 0.1) is 0 Å². The van der Waals surface area contributed by atoms with Crippen LogP contribution >= 0.6 is 23.2 Å². The molecule has 1 aromatic carbocycles. The number of H-pyrrole nitrogens is 1. The van der Waals surface area contributed by atoms with Crippen LogP contribution in [0.25, 0.3) is 0 Å². The van der Waals surface area contributed by atoms with Gasteiger partial charge in [-0.2, -0.15) is 0 Å². The van der Waals surface area contributed by atoms with E-state index in [0.717, 1.165) is 18.4 Å². The van der Waals surface area contributed by atoms with Gasteiger partial charge in [0.05, 0.1) is 0 Å². The monoisotopic (exact) mass is 341 g/mol. The number of aromatic amines is 1. The van der Waals surface area contributed by atoms with Gasteiger partial charge in [0.1, 0.15) is 24.5 Å². The Morgan fingerprint density at radius 3 is 2.68 bits per heavy atom. The Bertz CT molecular complexity index is 586. The van der Waals surface area contributed by atoms with Crippen molar-refractivity contribution < 1.29 is 9.67 Å². The largest absolute Gasteiger partial charge is 0.381 e. The Morgan fingerprint density at radius 1 is 1.23 bits per heavy atom. The van der Waals surface area contributed by atoms with Crippen molar-refractivity contribution in [3.63, 3.8) is 0 Å². The van der Waals surface area contributed by atoms with E-state index in [1.54, 1.807) is 12.1 Å². The standard InChI is InChI=1S/C17H22Cl2N2O/c1-2-3-4-5-8-17(22,12-21-10-9-20-13-21)15-7-6-14(18)11-16(15)19/h6-7,9-11,13,22H,2-5,8,12H2,1H3/p+1/t17-/m0/s1. The lowest BCUT2D eigenvalue weighted by Gasteiger charge is -2.28. The summed E-state index contributed by atoms with van der Waals surface area (Å²) >= 11 is 12.3. The van der Waals surface area contributed by atoms with Crippen molar-refractivity contribution in [3.05, 3.63) is 52.5 Å². The molecule has 1 aromatic heterocycles. The fourth-order valence-electron chi connectivity index (χ4n) is 2.73. The number of nitrogens with zero attached hydrogens (tertiary/aromatic N) is 1. The van der Waals surface area contributed by atoms with E-state index in [4.69, 9.17) is 23.2 Å². The van der Waals surface area contributed by atoms with Gasteiger partial charge in [0, 0.05) is 15.6 Å². The molecule has 3 nitrogen and oxygen atoms in total. The lowest BCUT2D eigenvalue weighted by molar-refractivity contribution is -0.711. The summed E-state index contributed by atoms with van der Waals surface area (Å²) in [6.45, 7) is 2.64. The smallest absolute Gasteiger partial charge is 0.241 e. The summed E-state index contributed by atoms with van der Waals surface area (Å²) in [5, 5.41) is 12.4. The molecule has 0 radical (unpaired) electrons. The first-order valence-corrected chi connectivity index (χ1v) is 8.50. The number of aliphatic hydroxyl groups is 1. The molecular weight excluding hydrogens is 319 g/mol. The average molecular weight is 342 g/mol. The summed E-state index contributed by atoms with van der Waals surface area (Å²) in [5.74, 6) is 0. The second kappa shape index (κ2) is 8.00. The maximum atomic E-state index is 11.3. The number of unbranched alkanes of at least 4 members (excludes halogenated alkanes) is 3. The van der Waals surface area contributed by atoms with E-state index < -0.39 is 5.60 Å². The minimum atomic E-state index is -0.998. The molecule has 1 heterocycles. The summed E-state index contributed by atoms with van der Waals surface area (Å²) < 4.78 is 1.94. The topological polar surface area (TPSA) is 39.9 Å². The maximum absolute atomic E-state index is 11.3. The lowest BCUT2D eigenvalue weighted by Crippen LogP contribution is -2.45. The van der Waals surface area contributed by atoms with Crippen molar-refractivity contribution in [2.24, 2.45) is 0 Å². The normalized spacial score (nSPS) is 14.0. The van der Waals surface area contributed by atoms with Crippen molar-refractivity contribution in [3.8, 4) is 0 Å². The molecular formula is C17H23Cl2N2O+. The van der Waals surface area contributed by atoms with Gasteiger partial charge in [-0.3, -0.25) is 4.98 Å². The zero-order chi connectivity index (χ0) is 16.0. The number of hydrogen-bond acceptors (Lipinski definition) is 1. The van der Waals surface area contributed by atoms with Gasteiger partial charge in [0.15, 0.2) is 0 Å². The van der Waals surface area contributed by atoms with Crippen molar-refractivity contribution in [2.75, 3.05) is 0 Å². The Morgan fingerprint density at radius 2 is 2.05 bits per heavy atom. The SMILES string of the molecule is CCCCCC[C@](O)(C[n+]1cc[nH]c1)c1ccc(Cl)cc1Cl. The van der Waals surface area contributed by atoms with Gasteiger partial charge in [0.2, 0.25) is 6.33 Å². The highest BCUT2D eigenvalue weighted by molar-refractivity contribution is 6.35. The van der Waals surface area contributed by atoms with Gasteiger partial charge in [-0.15, -0.1) is 0 Å². The van der Waals surface area contributed by atoms with E-state index in [9.17, 15) is 5.11 Å². The molecule has 0 spiro atoms. The number of aromatic nitrogens is 2. The Balaban J connectivity index is 2.23. The summed E-state index contributed by atoms with van der Waals surface area (Å²) in [7, 11) is 0. The molecule has 22 heavy (non-hydrogen) atoms. The highest BCUT2D eigenvalue weighted by Gasteiger charge is 2.33. The zero-order valence-electron chi connectivity index (χ0n) is 12.9. The van der Waals surface area contributed by atoms with Crippen LogP contribution in [0.15, 0.2) is 36.9 Å². The van der Waals surface area contributed by atoms with Crippen molar-refractivity contribution in [1.29, 1.82) is 0 Å². The first kappa shape index (κ1) is 17.3. The molecule has 0 bridgehead atoms. The van der Waals surface area contributed by atoms with E-state index in [0.29, 0.717) is 23.0 Å². The average Bonchev–Trinajstić information content (AvgIpc) is 2.96. The molecule has 0 saturated carbocycles. The van der Waals surface area contributed by atoms with Crippen LogP contribution in [0.1, 0.15) is 44.6 Å². The van der Waals surface area contributed by atoms with Gasteiger partial charge in [-0.05, 0) is 18.6 Å². The third kappa shape index (κ3) is 4.48. The first-order chi connectivity index (χ1) is 10.5. The third-order valence-corrected chi connectivity index (χ3v) is 4.47. The number of nitrogens with one attached hydrogen (secondary N) is 1. The van der Waals surface area contributed by atoms with Crippen LogP contribution in [0.3, 0.4) is 0 Å². The number of imidazole rings is 1. The quantitative estimate of drug-likeness (QED) is 0.539. The number of halogens is 2. The summed E-state index contributed by atoms with van der Waals surface area (Å²) in [4.78, 5) is 3.00. The number of hydrogen-bond donors (Lipinski definition) is 2. The third-order valence-electron chi connectivity index (χ3n) is 3.92. The highest BCUT2D eigenvalue weighted by Crippen LogP contribution is 2.34. The zero-order valence-corrected chi connectivity index (χ0v) is 14.4. The number of benzene rings is 1. The summed E-state index contributed by atoms with van der Waals surface area (Å²) in [6.07, 6.45) is 10.7. The van der Waals surface area contributed by atoms with Gasteiger partial charge >= 0.3 is 0 Å². The Hall–Kier alpha value is -1.03. The minimum absolute atomic E-state index is 0.462. The van der Waals surface area contributed by atoms with Crippen molar-refractivity contribution >= 4 is 23.2 Å². The molecule has 0 aliphatic heterocycles. The second-order valence-corrected chi connectivity index (χ2v) is 6.59. The second-order valence-electron chi connectivity index (χ2n) is 5.75. The molecule has 2 aromatic rings. The molecule has 0 aliphatic rings. The Labute approximate surface area is 141 Å². The highest BCUT2D eigenvalue weighted by atomic mass is 35.5. The van der Waals surface area contributed by atoms with Gasteiger partial charge in [-0.1, -0.05) is 61.9 Å². The molecule has 5 heteroatoms. The molecule has 2 N–H and O–H groups in total. The molecule has 120 valence electrons. The lowest BCUT2D eigenvalue weighted by atomic mass is 9.87. The van der Waals surface area contributed by atoms with Crippen molar-refractivity contribution in [2.45, 2.75) is 51.2 Å². The summed E-state index contributed by atoms with van der Waals surface area (Å²) in [6, 6.07) is 5.30. The molecule has 0 aliphatic carbocycles. The molecule has 0 unspecified atom stereocenters. The van der Waals surface area contributed by atoms with E-state index in [2.05, 4.69) is 11.9 Å². The first-order valence-electron chi connectivity index (χ1n) is 7.75. The molecule has 0 amide bonds. The molecule has 0 saturated heterocycles. The van der Waals surface area contributed by atoms with Gasteiger partial charge < -0.3 is 5.11 Å². The predicted molar refractivity (Wildman–Crippen MR) is 90.1 cm³/mol. The van der Waals surface area contributed by atoms with E-state index in [1.807, 2.05) is 29.4 Å². The fourth-order valence-corrected chi connectivity index (χ4v) is 3.32. The Kier molecular flexibility index (Phi) is 6.30. The van der Waals surface area contributed by atoms with E-state index in [1.165, 1.54) is 12.8 Å². The van der Waals surface area contributed by atoms with Crippen molar-refractivity contribution in [1.82, 2.24) is 4.98 Å². The van der Waals surface area contributed by atoms with Crippen LogP contribution in [0.4, 0.5) is 0 Å². The van der Waals surface area contributed by atoms with Crippen LogP contribution in [-0.4, -0.2) is 10.1 Å².